The molecule has 0 saturated carbocycles. The summed E-state index contributed by atoms with van der Waals surface area (Å²) >= 11 is 0. The third-order valence-electron chi connectivity index (χ3n) is 3.25. The maximum absolute atomic E-state index is 12.2. The molecular weight excluding hydrogens is 202 g/mol. The van der Waals surface area contributed by atoms with Crippen LogP contribution in [0.4, 0.5) is 0 Å². The Hall–Kier alpha value is -1.35. The van der Waals surface area contributed by atoms with E-state index in [0.29, 0.717) is 6.42 Å². The minimum Gasteiger partial charge on any atom is -0.497 e. The van der Waals surface area contributed by atoms with Crippen LogP contribution in [0.3, 0.4) is 0 Å². The molecule has 2 N–H and O–H groups in total. The predicted octanol–water partition coefficient (Wildman–Crippen LogP) is 2.31. The molecule has 0 bridgehead atoms. The third-order valence-corrected chi connectivity index (χ3v) is 3.25. The highest BCUT2D eigenvalue weighted by Gasteiger charge is 2.37. The average molecular weight is 219 g/mol. The summed E-state index contributed by atoms with van der Waals surface area (Å²) < 4.78 is 5.15. The lowest BCUT2D eigenvalue weighted by Gasteiger charge is -2.33. The summed E-state index contributed by atoms with van der Waals surface area (Å²) in [6.07, 6.45) is 0.687. The van der Waals surface area contributed by atoms with Crippen molar-refractivity contribution < 1.29 is 9.53 Å². The number of hydrogen-bond donors (Lipinski definition) is 1. The normalized spacial score (nSPS) is 22.8. The number of carbonyl (C=O) groups excluding carboxylic acids is 1. The van der Waals surface area contributed by atoms with Crippen LogP contribution in [0.25, 0.3) is 0 Å². The molecule has 1 atom stereocenters. The van der Waals surface area contributed by atoms with Crippen molar-refractivity contribution in [2.75, 3.05) is 7.11 Å². The van der Waals surface area contributed by atoms with Gasteiger partial charge < -0.3 is 10.5 Å². The Bertz CT molecular complexity index is 438. The van der Waals surface area contributed by atoms with Crippen molar-refractivity contribution in [1.29, 1.82) is 0 Å². The molecule has 1 aliphatic rings. The van der Waals surface area contributed by atoms with Gasteiger partial charge in [0.2, 0.25) is 0 Å². The van der Waals surface area contributed by atoms with Crippen molar-refractivity contribution in [2.45, 2.75) is 26.3 Å². The monoisotopic (exact) mass is 219 g/mol. The molecular formula is C13H17NO2. The van der Waals surface area contributed by atoms with E-state index in [1.54, 1.807) is 7.11 Å². The lowest BCUT2D eigenvalue weighted by atomic mass is 9.71. The van der Waals surface area contributed by atoms with Crippen LogP contribution in [0.2, 0.25) is 0 Å². The number of methoxy groups -OCH3 is 1. The summed E-state index contributed by atoms with van der Waals surface area (Å²) in [5.41, 5.74) is 7.39. The summed E-state index contributed by atoms with van der Waals surface area (Å²) in [5, 5.41) is 0. The van der Waals surface area contributed by atoms with Crippen LogP contribution in [0, 0.1) is 5.41 Å². The first-order chi connectivity index (χ1) is 7.45. The molecule has 0 aliphatic heterocycles. The number of benzene rings is 1. The summed E-state index contributed by atoms with van der Waals surface area (Å²) in [6, 6.07) is 5.41. The van der Waals surface area contributed by atoms with Crippen LogP contribution in [0.5, 0.6) is 5.75 Å². The van der Waals surface area contributed by atoms with Gasteiger partial charge in [0.1, 0.15) is 5.75 Å². The lowest BCUT2D eigenvalue weighted by molar-refractivity contribution is 0.0795. The third kappa shape index (κ3) is 1.61. The zero-order valence-electron chi connectivity index (χ0n) is 9.91. The van der Waals surface area contributed by atoms with Gasteiger partial charge in [0, 0.05) is 17.0 Å². The van der Waals surface area contributed by atoms with E-state index < -0.39 is 0 Å². The van der Waals surface area contributed by atoms with E-state index in [9.17, 15) is 4.79 Å². The average Bonchev–Trinajstić information content (AvgIpc) is 2.25. The zero-order valence-corrected chi connectivity index (χ0v) is 9.91. The van der Waals surface area contributed by atoms with E-state index in [1.807, 2.05) is 32.0 Å². The lowest BCUT2D eigenvalue weighted by Crippen LogP contribution is -2.35. The smallest absolute Gasteiger partial charge is 0.168 e. The maximum atomic E-state index is 12.2. The van der Waals surface area contributed by atoms with Crippen molar-refractivity contribution in [2.24, 2.45) is 11.1 Å². The van der Waals surface area contributed by atoms with Gasteiger partial charge in [-0.05, 0) is 30.2 Å². The molecule has 0 spiro atoms. The van der Waals surface area contributed by atoms with Gasteiger partial charge in [-0.25, -0.2) is 0 Å². The van der Waals surface area contributed by atoms with Gasteiger partial charge in [0.05, 0.1) is 7.11 Å². The summed E-state index contributed by atoms with van der Waals surface area (Å²) in [5.74, 6) is 0.925. The number of Topliss-reactive ketones (excluding diaryl/α,β-unsaturated/α-hetero) is 1. The van der Waals surface area contributed by atoms with Crippen LogP contribution in [-0.4, -0.2) is 12.9 Å². The molecule has 16 heavy (non-hydrogen) atoms. The molecule has 86 valence electrons. The minimum atomic E-state index is -0.360. The van der Waals surface area contributed by atoms with Crippen LogP contribution < -0.4 is 10.5 Å². The molecule has 2 rings (SSSR count). The highest BCUT2D eigenvalue weighted by atomic mass is 16.5. The van der Waals surface area contributed by atoms with Gasteiger partial charge in [-0.15, -0.1) is 0 Å². The van der Waals surface area contributed by atoms with Crippen molar-refractivity contribution in [1.82, 2.24) is 0 Å². The molecule has 0 heterocycles. The summed E-state index contributed by atoms with van der Waals surface area (Å²) in [6.45, 7) is 3.89. The van der Waals surface area contributed by atoms with Crippen LogP contribution >= 0.6 is 0 Å². The van der Waals surface area contributed by atoms with Gasteiger partial charge in [0.15, 0.2) is 5.78 Å². The first-order valence-electron chi connectivity index (χ1n) is 5.44. The molecule has 0 aromatic heterocycles. The quantitative estimate of drug-likeness (QED) is 0.788. The standard InChI is InChI=1S/C13H17NO2/c1-13(2)7-11(14)10-6-8(16-3)4-5-9(10)12(13)15/h4-6,11H,7,14H2,1-3H3/t11-/m0/s1. The fourth-order valence-corrected chi connectivity index (χ4v) is 2.30. The number of fused-ring (bicyclic) bond motifs is 1. The second kappa shape index (κ2) is 3.59. The van der Waals surface area contributed by atoms with Crippen LogP contribution in [0.1, 0.15) is 42.2 Å². The van der Waals surface area contributed by atoms with Crippen LogP contribution in [-0.2, 0) is 0 Å². The number of carbonyl (C=O) groups is 1. The topological polar surface area (TPSA) is 52.3 Å². The van der Waals surface area contributed by atoms with Crippen molar-refractivity contribution in [3.8, 4) is 5.75 Å². The first kappa shape index (κ1) is 11.1. The Labute approximate surface area is 95.6 Å². The van der Waals surface area contributed by atoms with Gasteiger partial charge in [-0.2, -0.15) is 0 Å². The molecule has 0 radical (unpaired) electrons. The number of hydrogen-bond acceptors (Lipinski definition) is 3. The predicted molar refractivity (Wildman–Crippen MR) is 62.7 cm³/mol. The molecule has 1 aliphatic carbocycles. The van der Waals surface area contributed by atoms with E-state index in [0.717, 1.165) is 16.9 Å². The Morgan fingerprint density at radius 1 is 1.44 bits per heavy atom. The Morgan fingerprint density at radius 2 is 2.12 bits per heavy atom. The number of nitrogens with two attached hydrogens (primary N) is 1. The minimum absolute atomic E-state index is 0.0854. The van der Waals surface area contributed by atoms with Gasteiger partial charge in [0.25, 0.3) is 0 Å². The van der Waals surface area contributed by atoms with Gasteiger partial charge >= 0.3 is 0 Å². The Morgan fingerprint density at radius 3 is 2.75 bits per heavy atom. The molecule has 3 heteroatoms. The molecule has 1 aromatic rings. The van der Waals surface area contributed by atoms with E-state index in [1.165, 1.54) is 0 Å². The van der Waals surface area contributed by atoms with E-state index in [2.05, 4.69) is 0 Å². The highest BCUT2D eigenvalue weighted by Crippen LogP contribution is 2.40. The second-order valence-corrected chi connectivity index (χ2v) is 4.98. The fourth-order valence-electron chi connectivity index (χ4n) is 2.30. The number of ketones is 1. The molecule has 1 aromatic carbocycles. The SMILES string of the molecule is COc1ccc2c(c1)[C@@H](N)CC(C)(C)C2=O. The number of ether oxygens (including phenoxy) is 1. The van der Waals surface area contributed by atoms with Crippen molar-refractivity contribution >= 4 is 5.78 Å². The Balaban J connectivity index is 2.54. The van der Waals surface area contributed by atoms with Gasteiger partial charge in [-0.3, -0.25) is 4.79 Å². The molecule has 0 fully saturated rings. The number of rotatable bonds is 1. The summed E-state index contributed by atoms with van der Waals surface area (Å²) in [7, 11) is 1.61. The van der Waals surface area contributed by atoms with E-state index >= 15 is 0 Å². The maximum Gasteiger partial charge on any atom is 0.168 e. The van der Waals surface area contributed by atoms with Crippen LogP contribution in [0.15, 0.2) is 18.2 Å². The highest BCUT2D eigenvalue weighted by molar-refractivity contribution is 6.02. The van der Waals surface area contributed by atoms with Crippen molar-refractivity contribution in [3.63, 3.8) is 0 Å². The fraction of sp³-hybridized carbons (Fsp3) is 0.462. The zero-order chi connectivity index (χ0) is 11.9. The van der Waals surface area contributed by atoms with E-state index in [4.69, 9.17) is 10.5 Å². The molecule has 0 unspecified atom stereocenters. The second-order valence-electron chi connectivity index (χ2n) is 4.98. The molecule has 3 nitrogen and oxygen atoms in total. The van der Waals surface area contributed by atoms with E-state index in [-0.39, 0.29) is 17.2 Å². The molecule has 0 saturated heterocycles. The Kier molecular flexibility index (Phi) is 2.50. The largest absolute Gasteiger partial charge is 0.497 e. The molecule has 0 amide bonds. The summed E-state index contributed by atoms with van der Waals surface area (Å²) in [4.78, 5) is 12.2. The van der Waals surface area contributed by atoms with Crippen molar-refractivity contribution in [3.05, 3.63) is 29.3 Å². The van der Waals surface area contributed by atoms with Gasteiger partial charge in [-0.1, -0.05) is 13.8 Å². The first-order valence-corrected chi connectivity index (χ1v) is 5.44.